The lowest BCUT2D eigenvalue weighted by atomic mass is 10.1. The van der Waals surface area contributed by atoms with Crippen LogP contribution in [0.2, 0.25) is 0 Å². The van der Waals surface area contributed by atoms with Crippen molar-refractivity contribution in [2.24, 2.45) is 0 Å². The first-order valence-corrected chi connectivity index (χ1v) is 6.46. The molecule has 3 heteroatoms. The van der Waals surface area contributed by atoms with Gasteiger partial charge in [0, 0.05) is 20.5 Å². The van der Waals surface area contributed by atoms with Crippen LogP contribution in [0.5, 0.6) is 0 Å². The number of pyridine rings is 1. The molecule has 0 aliphatic carbocycles. The average Bonchev–Trinajstić information content (AvgIpc) is 2.29. The molecule has 1 nitrogen and oxygen atoms in total. The molecule has 1 heterocycles. The molecule has 0 aliphatic heterocycles. The number of nitrogens with zero attached hydrogens (tertiary/aromatic N) is 1. The van der Waals surface area contributed by atoms with E-state index in [-0.39, 0.29) is 0 Å². The van der Waals surface area contributed by atoms with Gasteiger partial charge in [0.15, 0.2) is 0 Å². The van der Waals surface area contributed by atoms with Gasteiger partial charge in [-0.2, -0.15) is 0 Å². The summed E-state index contributed by atoms with van der Waals surface area (Å²) < 4.78 is 2.10. The van der Waals surface area contributed by atoms with E-state index < -0.39 is 0 Å². The lowest BCUT2D eigenvalue weighted by Crippen LogP contribution is -1.81. The number of halogens is 2. The van der Waals surface area contributed by atoms with Crippen molar-refractivity contribution in [3.8, 4) is 0 Å². The van der Waals surface area contributed by atoms with E-state index in [1.54, 1.807) is 0 Å². The Hall–Kier alpha value is -0.930. The van der Waals surface area contributed by atoms with Crippen LogP contribution in [-0.2, 0) is 0 Å². The lowest BCUT2D eigenvalue weighted by Gasteiger charge is -2.04. The van der Waals surface area contributed by atoms with Crippen LogP contribution >= 0.6 is 31.9 Å². The van der Waals surface area contributed by atoms with Gasteiger partial charge in [-0.15, -0.1) is 0 Å². The van der Waals surface area contributed by atoms with Gasteiger partial charge in [-0.05, 0) is 51.0 Å². The van der Waals surface area contributed by atoms with Gasteiger partial charge in [0.2, 0.25) is 0 Å². The predicted molar refractivity (Wildman–Crippen MR) is 74.6 cm³/mol. The Morgan fingerprint density at radius 2 is 1.56 bits per heavy atom. The molecule has 16 heavy (non-hydrogen) atoms. The third-order valence-corrected chi connectivity index (χ3v) is 3.54. The number of rotatable bonds is 0. The molecule has 3 rings (SSSR count). The van der Waals surface area contributed by atoms with E-state index in [1.165, 1.54) is 16.2 Å². The van der Waals surface area contributed by atoms with E-state index in [2.05, 4.69) is 73.2 Å². The van der Waals surface area contributed by atoms with Crippen LogP contribution in [0.25, 0.3) is 21.7 Å². The molecular formula is C13H7Br2N. The molecule has 1 aromatic heterocycles. The van der Waals surface area contributed by atoms with Crippen molar-refractivity contribution in [3.63, 3.8) is 0 Å². The van der Waals surface area contributed by atoms with E-state index in [0.717, 1.165) is 14.5 Å². The van der Waals surface area contributed by atoms with E-state index in [4.69, 9.17) is 0 Å². The van der Waals surface area contributed by atoms with Crippen molar-refractivity contribution >= 4 is 53.5 Å². The molecule has 0 spiro atoms. The zero-order chi connectivity index (χ0) is 11.1. The summed E-state index contributed by atoms with van der Waals surface area (Å²) in [5.41, 5.74) is 1.02. The SMILES string of the molecule is Brc1ccc2ccc3ncc(Br)cc3c2c1. The first-order chi connectivity index (χ1) is 7.74. The molecule has 0 N–H and O–H groups in total. The van der Waals surface area contributed by atoms with E-state index >= 15 is 0 Å². The van der Waals surface area contributed by atoms with E-state index in [0.29, 0.717) is 0 Å². The molecule has 0 bridgehead atoms. The minimum absolute atomic E-state index is 1.01. The molecule has 0 saturated carbocycles. The number of hydrogen-bond donors (Lipinski definition) is 0. The Labute approximate surface area is 110 Å². The maximum Gasteiger partial charge on any atom is 0.0709 e. The highest BCUT2D eigenvalue weighted by Gasteiger charge is 2.02. The molecule has 0 atom stereocenters. The van der Waals surface area contributed by atoms with Gasteiger partial charge >= 0.3 is 0 Å². The van der Waals surface area contributed by atoms with Crippen LogP contribution < -0.4 is 0 Å². The van der Waals surface area contributed by atoms with Crippen LogP contribution in [0.4, 0.5) is 0 Å². The highest BCUT2D eigenvalue weighted by molar-refractivity contribution is 9.10. The van der Waals surface area contributed by atoms with Crippen molar-refractivity contribution in [2.45, 2.75) is 0 Å². The molecule has 0 aliphatic rings. The average molecular weight is 337 g/mol. The summed E-state index contributed by atoms with van der Waals surface area (Å²) >= 11 is 6.97. The standard InChI is InChI=1S/C13H7Br2N/c14-9-3-1-8-2-4-13-12(11(8)5-9)6-10(15)7-16-13/h1-7H. The summed E-state index contributed by atoms with van der Waals surface area (Å²) in [6, 6.07) is 12.6. The maximum atomic E-state index is 4.40. The van der Waals surface area contributed by atoms with Crippen molar-refractivity contribution in [1.82, 2.24) is 4.98 Å². The molecule has 78 valence electrons. The lowest BCUT2D eigenvalue weighted by molar-refractivity contribution is 1.40. The van der Waals surface area contributed by atoms with Gasteiger partial charge < -0.3 is 0 Å². The number of hydrogen-bond acceptors (Lipinski definition) is 1. The highest BCUT2D eigenvalue weighted by atomic mass is 79.9. The zero-order valence-electron chi connectivity index (χ0n) is 8.24. The zero-order valence-corrected chi connectivity index (χ0v) is 11.4. The third-order valence-electron chi connectivity index (χ3n) is 2.61. The smallest absolute Gasteiger partial charge is 0.0709 e. The van der Waals surface area contributed by atoms with Gasteiger partial charge in [0.05, 0.1) is 5.52 Å². The Kier molecular flexibility index (Phi) is 2.45. The third kappa shape index (κ3) is 1.64. The molecule has 0 fully saturated rings. The van der Waals surface area contributed by atoms with Crippen molar-refractivity contribution in [2.75, 3.05) is 0 Å². The molecule has 3 aromatic rings. The Morgan fingerprint density at radius 1 is 0.812 bits per heavy atom. The highest BCUT2D eigenvalue weighted by Crippen LogP contribution is 2.28. The van der Waals surface area contributed by atoms with E-state index in [1.807, 2.05) is 6.20 Å². The molecule has 2 aromatic carbocycles. The topological polar surface area (TPSA) is 12.9 Å². The van der Waals surface area contributed by atoms with Crippen LogP contribution in [-0.4, -0.2) is 4.98 Å². The first kappa shape index (κ1) is 10.2. The Morgan fingerprint density at radius 3 is 2.44 bits per heavy atom. The van der Waals surface area contributed by atoms with Crippen LogP contribution in [0.1, 0.15) is 0 Å². The van der Waals surface area contributed by atoms with Crippen LogP contribution in [0.15, 0.2) is 51.5 Å². The second kappa shape index (κ2) is 3.82. The fourth-order valence-electron chi connectivity index (χ4n) is 1.87. The van der Waals surface area contributed by atoms with Gasteiger partial charge in [0.25, 0.3) is 0 Å². The second-order valence-electron chi connectivity index (χ2n) is 3.65. The fourth-order valence-corrected chi connectivity index (χ4v) is 2.57. The van der Waals surface area contributed by atoms with E-state index in [9.17, 15) is 0 Å². The van der Waals surface area contributed by atoms with Crippen molar-refractivity contribution < 1.29 is 0 Å². The van der Waals surface area contributed by atoms with Crippen LogP contribution in [0.3, 0.4) is 0 Å². The van der Waals surface area contributed by atoms with Crippen molar-refractivity contribution in [1.29, 1.82) is 0 Å². The summed E-state index contributed by atoms with van der Waals surface area (Å²) in [5, 5.41) is 3.63. The van der Waals surface area contributed by atoms with Gasteiger partial charge in [-0.1, -0.05) is 28.1 Å². The Balaban J connectivity index is 2.55. The monoisotopic (exact) mass is 335 g/mol. The minimum Gasteiger partial charge on any atom is -0.255 e. The van der Waals surface area contributed by atoms with Crippen molar-refractivity contribution in [3.05, 3.63) is 51.5 Å². The van der Waals surface area contributed by atoms with Gasteiger partial charge in [-0.3, -0.25) is 4.98 Å². The predicted octanol–water partition coefficient (Wildman–Crippen LogP) is 4.91. The summed E-state index contributed by atoms with van der Waals surface area (Å²) in [6.07, 6.45) is 1.83. The fraction of sp³-hybridized carbons (Fsp3) is 0. The minimum atomic E-state index is 1.01. The number of aromatic nitrogens is 1. The second-order valence-corrected chi connectivity index (χ2v) is 5.48. The summed E-state index contributed by atoms with van der Waals surface area (Å²) in [5.74, 6) is 0. The maximum absolute atomic E-state index is 4.40. The quantitative estimate of drug-likeness (QED) is 0.531. The molecule has 0 radical (unpaired) electrons. The molecule has 0 amide bonds. The molecular weight excluding hydrogens is 330 g/mol. The molecule has 0 unspecified atom stereocenters. The number of benzene rings is 2. The van der Waals surface area contributed by atoms with Crippen LogP contribution in [0, 0.1) is 0 Å². The summed E-state index contributed by atoms with van der Waals surface area (Å²) in [4.78, 5) is 4.40. The largest absolute Gasteiger partial charge is 0.255 e. The van der Waals surface area contributed by atoms with Gasteiger partial charge in [0.1, 0.15) is 0 Å². The summed E-state index contributed by atoms with van der Waals surface area (Å²) in [7, 11) is 0. The van der Waals surface area contributed by atoms with Gasteiger partial charge in [-0.25, -0.2) is 0 Å². The normalized spacial score (nSPS) is 11.1. The Bertz CT molecular complexity index is 631. The molecule has 0 saturated heterocycles. The number of fused-ring (bicyclic) bond motifs is 3. The first-order valence-electron chi connectivity index (χ1n) is 4.87. The summed E-state index contributed by atoms with van der Waals surface area (Å²) in [6.45, 7) is 0.